The first kappa shape index (κ1) is 35.3. The molecule has 0 N–H and O–H groups in total. The number of para-hydroxylation sites is 1. The molecule has 0 unspecified atom stereocenters. The summed E-state index contributed by atoms with van der Waals surface area (Å²) in [5.41, 5.74) is 17.5. The number of fused-ring (bicyclic) bond motifs is 9. The Bertz CT molecular complexity index is 3480. The first-order valence-electron chi connectivity index (χ1n) is 21.2. The van der Waals surface area contributed by atoms with Crippen LogP contribution in [0.25, 0.3) is 88.0 Å². The summed E-state index contributed by atoms with van der Waals surface area (Å²) in [5, 5.41) is 7.25. The third-order valence-corrected chi connectivity index (χ3v) is 13.1. The molecule has 0 aliphatic heterocycles. The van der Waals surface area contributed by atoms with Gasteiger partial charge in [0, 0.05) is 32.9 Å². The summed E-state index contributed by atoms with van der Waals surface area (Å²) in [6, 6.07) is 77.6. The first-order chi connectivity index (χ1) is 30.0. The smallest absolute Gasteiger partial charge is 0.135 e. The van der Waals surface area contributed by atoms with Gasteiger partial charge in [-0.15, -0.1) is 0 Å². The van der Waals surface area contributed by atoms with Crippen molar-refractivity contribution in [3.8, 4) is 44.5 Å². The van der Waals surface area contributed by atoms with Crippen molar-refractivity contribution in [1.29, 1.82) is 0 Å². The summed E-state index contributed by atoms with van der Waals surface area (Å²) in [6.45, 7) is 4.76. The van der Waals surface area contributed by atoms with E-state index in [2.05, 4.69) is 219 Å². The Morgan fingerprint density at radius 3 is 1.61 bits per heavy atom. The van der Waals surface area contributed by atoms with E-state index in [4.69, 9.17) is 4.42 Å². The minimum atomic E-state index is -0.226. The molecule has 2 heteroatoms. The monoisotopic (exact) mass is 779 g/mol. The molecule has 0 atom stereocenters. The molecule has 1 heterocycles. The second kappa shape index (κ2) is 13.7. The average Bonchev–Trinajstić information content (AvgIpc) is 3.80. The van der Waals surface area contributed by atoms with Crippen LogP contribution in [0.3, 0.4) is 0 Å². The standard InChI is InChI=1S/C59H41NO/c1-59(2)54-35-43(42-27-33-58-53(34-42)52-18-10-11-19-57(52)61-58)26-31-49(54)50-32-30-46(37-55(50)59)60(56-36-44-14-6-7-15-47(44)48-16-8-9-17-51(48)56)45-28-24-41(25-29-45)40-22-20-39(21-23-40)38-12-4-3-5-13-38/h3-37H,1-2H3. The predicted octanol–water partition coefficient (Wildman–Crippen LogP) is 16.7. The van der Waals surface area contributed by atoms with Crippen molar-refractivity contribution in [2.24, 2.45) is 0 Å². The highest BCUT2D eigenvalue weighted by Crippen LogP contribution is 2.52. The topological polar surface area (TPSA) is 16.4 Å². The molecule has 11 aromatic rings. The van der Waals surface area contributed by atoms with Crippen LogP contribution in [-0.4, -0.2) is 0 Å². The molecule has 0 bridgehead atoms. The zero-order valence-corrected chi connectivity index (χ0v) is 34.1. The summed E-state index contributed by atoms with van der Waals surface area (Å²) >= 11 is 0. The van der Waals surface area contributed by atoms with Gasteiger partial charge in [0.25, 0.3) is 0 Å². The average molecular weight is 780 g/mol. The van der Waals surface area contributed by atoms with Crippen LogP contribution in [0.15, 0.2) is 217 Å². The van der Waals surface area contributed by atoms with Crippen molar-refractivity contribution >= 4 is 60.5 Å². The summed E-state index contributed by atoms with van der Waals surface area (Å²) < 4.78 is 6.17. The molecule has 2 nitrogen and oxygen atoms in total. The van der Waals surface area contributed by atoms with E-state index in [0.29, 0.717) is 0 Å². The first-order valence-corrected chi connectivity index (χ1v) is 21.2. The van der Waals surface area contributed by atoms with Gasteiger partial charge in [-0.3, -0.25) is 0 Å². The van der Waals surface area contributed by atoms with Gasteiger partial charge in [0.05, 0.1) is 5.69 Å². The minimum absolute atomic E-state index is 0.226. The highest BCUT2D eigenvalue weighted by Gasteiger charge is 2.36. The molecular formula is C59H41NO. The lowest BCUT2D eigenvalue weighted by atomic mass is 9.81. The molecule has 1 aromatic heterocycles. The molecule has 12 rings (SSSR count). The fourth-order valence-electron chi connectivity index (χ4n) is 9.89. The van der Waals surface area contributed by atoms with Crippen molar-refractivity contribution in [3.63, 3.8) is 0 Å². The lowest BCUT2D eigenvalue weighted by Gasteiger charge is -2.29. The van der Waals surface area contributed by atoms with Gasteiger partial charge in [0.1, 0.15) is 11.2 Å². The number of rotatable bonds is 6. The fraction of sp³-hybridized carbons (Fsp3) is 0.0508. The fourth-order valence-corrected chi connectivity index (χ4v) is 9.89. The third-order valence-electron chi connectivity index (χ3n) is 13.1. The summed E-state index contributed by atoms with van der Waals surface area (Å²) in [6.07, 6.45) is 0. The Morgan fingerprint density at radius 1 is 0.344 bits per heavy atom. The normalized spacial score (nSPS) is 12.9. The van der Waals surface area contributed by atoms with Crippen LogP contribution in [-0.2, 0) is 5.41 Å². The van der Waals surface area contributed by atoms with Gasteiger partial charge < -0.3 is 9.32 Å². The number of hydrogen-bond donors (Lipinski definition) is 0. The maximum absolute atomic E-state index is 6.17. The van der Waals surface area contributed by atoms with Crippen molar-refractivity contribution in [2.45, 2.75) is 19.3 Å². The summed E-state index contributed by atoms with van der Waals surface area (Å²) in [5.74, 6) is 0. The van der Waals surface area contributed by atoms with E-state index in [1.54, 1.807) is 0 Å². The number of nitrogens with zero attached hydrogens (tertiary/aromatic N) is 1. The van der Waals surface area contributed by atoms with Crippen molar-refractivity contribution in [1.82, 2.24) is 0 Å². The Kier molecular flexibility index (Phi) is 7.92. The van der Waals surface area contributed by atoms with E-state index in [9.17, 15) is 0 Å². The van der Waals surface area contributed by atoms with E-state index in [0.717, 1.165) is 39.0 Å². The maximum Gasteiger partial charge on any atom is 0.135 e. The number of benzene rings is 10. The van der Waals surface area contributed by atoms with E-state index < -0.39 is 0 Å². The van der Waals surface area contributed by atoms with Gasteiger partial charge in [-0.25, -0.2) is 0 Å². The summed E-state index contributed by atoms with van der Waals surface area (Å²) in [7, 11) is 0. The van der Waals surface area contributed by atoms with E-state index >= 15 is 0 Å². The van der Waals surface area contributed by atoms with Crippen LogP contribution in [0.5, 0.6) is 0 Å². The third kappa shape index (κ3) is 5.71. The summed E-state index contributed by atoms with van der Waals surface area (Å²) in [4.78, 5) is 2.46. The quantitative estimate of drug-likeness (QED) is 0.156. The molecule has 1 aliphatic rings. The van der Waals surface area contributed by atoms with Crippen LogP contribution in [0.2, 0.25) is 0 Å². The van der Waals surface area contributed by atoms with Gasteiger partial charge in [0.15, 0.2) is 0 Å². The molecule has 1 aliphatic carbocycles. The Labute approximate surface area is 355 Å². The van der Waals surface area contributed by atoms with E-state index in [-0.39, 0.29) is 5.41 Å². The number of anilines is 3. The maximum atomic E-state index is 6.17. The zero-order chi connectivity index (χ0) is 40.7. The Morgan fingerprint density at radius 2 is 0.852 bits per heavy atom. The second-order valence-electron chi connectivity index (χ2n) is 16.9. The van der Waals surface area contributed by atoms with Gasteiger partial charge in [-0.1, -0.05) is 172 Å². The van der Waals surface area contributed by atoms with E-state index in [1.165, 1.54) is 77.2 Å². The van der Waals surface area contributed by atoms with Crippen LogP contribution >= 0.6 is 0 Å². The van der Waals surface area contributed by atoms with E-state index in [1.807, 2.05) is 12.1 Å². The van der Waals surface area contributed by atoms with Crippen LogP contribution in [0.4, 0.5) is 17.1 Å². The Balaban J connectivity index is 0.969. The van der Waals surface area contributed by atoms with Gasteiger partial charge in [0.2, 0.25) is 0 Å². The lowest BCUT2D eigenvalue weighted by molar-refractivity contribution is 0.660. The molecule has 10 aromatic carbocycles. The van der Waals surface area contributed by atoms with Gasteiger partial charge in [-0.05, 0) is 126 Å². The minimum Gasteiger partial charge on any atom is -0.456 e. The predicted molar refractivity (Wildman–Crippen MR) is 257 cm³/mol. The van der Waals surface area contributed by atoms with Crippen LogP contribution < -0.4 is 4.90 Å². The Hall–Kier alpha value is -7.68. The molecule has 0 spiro atoms. The highest BCUT2D eigenvalue weighted by molar-refractivity contribution is 6.14. The molecule has 61 heavy (non-hydrogen) atoms. The number of furan rings is 1. The number of hydrogen-bond acceptors (Lipinski definition) is 2. The zero-order valence-electron chi connectivity index (χ0n) is 34.1. The molecule has 0 radical (unpaired) electrons. The highest BCUT2D eigenvalue weighted by atomic mass is 16.3. The second-order valence-corrected chi connectivity index (χ2v) is 16.9. The van der Waals surface area contributed by atoms with Crippen LogP contribution in [0, 0.1) is 0 Å². The van der Waals surface area contributed by atoms with Gasteiger partial charge in [-0.2, -0.15) is 0 Å². The SMILES string of the molecule is CC1(C)c2cc(-c3ccc4oc5ccccc5c4c3)ccc2-c2ccc(N(c3ccc(-c4ccc(-c5ccccc5)cc4)cc3)c3cc4ccccc4c4ccccc34)cc21. The van der Waals surface area contributed by atoms with Crippen molar-refractivity contribution in [3.05, 3.63) is 223 Å². The molecule has 0 amide bonds. The molecular weight excluding hydrogens is 739 g/mol. The van der Waals surface area contributed by atoms with Crippen LogP contribution in [0.1, 0.15) is 25.0 Å². The van der Waals surface area contributed by atoms with Crippen molar-refractivity contribution < 1.29 is 4.42 Å². The molecule has 288 valence electrons. The van der Waals surface area contributed by atoms with Crippen molar-refractivity contribution in [2.75, 3.05) is 4.90 Å². The molecule has 0 fully saturated rings. The largest absolute Gasteiger partial charge is 0.456 e. The molecule has 0 saturated heterocycles. The molecule has 0 saturated carbocycles. The van der Waals surface area contributed by atoms with Gasteiger partial charge >= 0.3 is 0 Å². The lowest BCUT2D eigenvalue weighted by Crippen LogP contribution is -2.17.